The number of methoxy groups -OCH3 is 1. The zero-order valence-corrected chi connectivity index (χ0v) is 14.7. The molecule has 0 heterocycles. The third kappa shape index (κ3) is 2.68. The van der Waals surface area contributed by atoms with Crippen molar-refractivity contribution in [3.8, 4) is 5.75 Å². The Kier molecular flexibility index (Phi) is 3.80. The normalized spacial score (nSPS) is 30.0. The van der Waals surface area contributed by atoms with Crippen LogP contribution in [-0.2, 0) is 25.5 Å². The van der Waals surface area contributed by atoms with Crippen molar-refractivity contribution in [2.45, 2.75) is 45.1 Å². The molecular weight excluding hydrogens is 316 g/mol. The predicted octanol–water partition coefficient (Wildman–Crippen LogP) is 2.36. The van der Waals surface area contributed by atoms with Crippen molar-refractivity contribution in [1.82, 2.24) is 0 Å². The first-order valence-corrected chi connectivity index (χ1v) is 9.57. The number of hydrogen-bond donors (Lipinski definition) is 0. The number of Topliss-reactive ketones (excluding diaryl/α,β-unsaturated/α-hetero) is 1. The van der Waals surface area contributed by atoms with Gasteiger partial charge in [0.25, 0.3) is 10.1 Å². The largest absolute Gasteiger partial charge is 0.496 e. The zero-order chi connectivity index (χ0) is 17.0. The van der Waals surface area contributed by atoms with E-state index in [1.165, 1.54) is 0 Å². The smallest absolute Gasteiger partial charge is 0.264 e. The lowest BCUT2D eigenvalue weighted by molar-refractivity contribution is -0.140. The molecule has 0 aliphatic heterocycles. The van der Waals surface area contributed by atoms with Crippen molar-refractivity contribution in [3.05, 3.63) is 28.8 Å². The van der Waals surface area contributed by atoms with E-state index in [4.69, 9.17) is 8.92 Å². The number of rotatable bonds is 3. The van der Waals surface area contributed by atoms with Crippen molar-refractivity contribution < 1.29 is 22.1 Å². The Morgan fingerprint density at radius 1 is 1.26 bits per heavy atom. The molecule has 1 aromatic carbocycles. The summed E-state index contributed by atoms with van der Waals surface area (Å²) in [5, 5.41) is 0. The molecule has 2 bridgehead atoms. The van der Waals surface area contributed by atoms with Crippen LogP contribution < -0.4 is 4.74 Å². The van der Waals surface area contributed by atoms with Gasteiger partial charge < -0.3 is 4.74 Å². The van der Waals surface area contributed by atoms with Crippen LogP contribution in [0, 0.1) is 12.3 Å². The molecule has 0 unspecified atom stereocenters. The highest BCUT2D eigenvalue weighted by molar-refractivity contribution is 7.86. The lowest BCUT2D eigenvalue weighted by Gasteiger charge is -2.46. The Labute approximate surface area is 137 Å². The second-order valence-electron chi connectivity index (χ2n) is 6.90. The first-order valence-electron chi connectivity index (χ1n) is 7.75. The number of hydrogen-bond acceptors (Lipinski definition) is 5. The Morgan fingerprint density at radius 3 is 2.57 bits per heavy atom. The van der Waals surface area contributed by atoms with Gasteiger partial charge in [0, 0.05) is 5.92 Å². The maximum Gasteiger partial charge on any atom is 0.264 e. The summed E-state index contributed by atoms with van der Waals surface area (Å²) in [6.45, 7) is 3.80. The molecule has 3 atom stereocenters. The molecule has 126 valence electrons. The summed E-state index contributed by atoms with van der Waals surface area (Å²) in [4.78, 5) is 13.0. The molecule has 1 saturated carbocycles. The highest BCUT2D eigenvalue weighted by Crippen LogP contribution is 2.50. The van der Waals surface area contributed by atoms with E-state index in [0.717, 1.165) is 28.7 Å². The molecule has 1 fully saturated rings. The van der Waals surface area contributed by atoms with Crippen LogP contribution in [0.5, 0.6) is 5.75 Å². The van der Waals surface area contributed by atoms with Gasteiger partial charge in [-0.3, -0.25) is 8.98 Å². The maximum atomic E-state index is 13.0. The van der Waals surface area contributed by atoms with Crippen LogP contribution in [0.4, 0.5) is 0 Å². The van der Waals surface area contributed by atoms with Gasteiger partial charge in [0.15, 0.2) is 0 Å². The number of benzene rings is 1. The van der Waals surface area contributed by atoms with E-state index >= 15 is 0 Å². The zero-order valence-electron chi connectivity index (χ0n) is 13.9. The second kappa shape index (κ2) is 5.31. The monoisotopic (exact) mass is 338 g/mol. The number of aryl methyl sites for hydroxylation is 1. The van der Waals surface area contributed by atoms with Crippen LogP contribution in [0.1, 0.15) is 42.4 Å². The van der Waals surface area contributed by atoms with Gasteiger partial charge in [0.2, 0.25) is 0 Å². The summed E-state index contributed by atoms with van der Waals surface area (Å²) in [6, 6.07) is 4.01. The third-order valence-electron chi connectivity index (χ3n) is 5.19. The maximum absolute atomic E-state index is 13.0. The molecular formula is C17H22O5S. The first-order chi connectivity index (χ1) is 10.7. The molecule has 0 N–H and O–H groups in total. The molecule has 0 aromatic heterocycles. The molecule has 23 heavy (non-hydrogen) atoms. The van der Waals surface area contributed by atoms with E-state index in [1.807, 2.05) is 19.9 Å². The molecule has 0 amide bonds. The summed E-state index contributed by atoms with van der Waals surface area (Å²) >= 11 is 0. The van der Waals surface area contributed by atoms with Gasteiger partial charge in [-0.15, -0.1) is 0 Å². The van der Waals surface area contributed by atoms with Crippen LogP contribution in [0.2, 0.25) is 0 Å². The third-order valence-corrected chi connectivity index (χ3v) is 5.77. The summed E-state index contributed by atoms with van der Waals surface area (Å²) in [5.74, 6) is 0.670. The Hall–Kier alpha value is -1.40. The van der Waals surface area contributed by atoms with E-state index in [9.17, 15) is 13.2 Å². The van der Waals surface area contributed by atoms with Gasteiger partial charge in [0.05, 0.1) is 24.9 Å². The lowest BCUT2D eigenvalue weighted by atomic mass is 9.58. The van der Waals surface area contributed by atoms with Gasteiger partial charge >= 0.3 is 0 Å². The van der Waals surface area contributed by atoms with Crippen LogP contribution in [0.3, 0.4) is 0 Å². The van der Waals surface area contributed by atoms with Gasteiger partial charge in [-0.25, -0.2) is 0 Å². The van der Waals surface area contributed by atoms with E-state index < -0.39 is 21.6 Å². The van der Waals surface area contributed by atoms with Crippen molar-refractivity contribution >= 4 is 15.9 Å². The molecule has 2 aliphatic carbocycles. The first kappa shape index (κ1) is 16.5. The minimum Gasteiger partial charge on any atom is -0.496 e. The molecule has 2 aliphatic rings. The number of ketones is 1. The molecule has 0 saturated heterocycles. The summed E-state index contributed by atoms with van der Waals surface area (Å²) in [7, 11) is -1.96. The number of carbonyl (C=O) groups is 1. The van der Waals surface area contributed by atoms with Gasteiger partial charge in [-0.2, -0.15) is 8.42 Å². The fourth-order valence-corrected chi connectivity index (χ4v) is 4.77. The van der Waals surface area contributed by atoms with Crippen LogP contribution in [-0.4, -0.2) is 33.7 Å². The second-order valence-corrected chi connectivity index (χ2v) is 8.50. The number of carbonyl (C=O) groups excluding carboxylic acids is 1. The van der Waals surface area contributed by atoms with Crippen molar-refractivity contribution in [2.24, 2.45) is 5.41 Å². The minimum atomic E-state index is -3.59. The SMILES string of the molecule is COc1cc2c(cc1C)C[C@]1(C)C(=O)[C@H]2CC[C@@H]1OS(C)(=O)=O. The molecule has 0 spiro atoms. The topological polar surface area (TPSA) is 69.7 Å². The van der Waals surface area contributed by atoms with Gasteiger partial charge in [0.1, 0.15) is 11.5 Å². The summed E-state index contributed by atoms with van der Waals surface area (Å²) in [6.07, 6.45) is 2.13. The Balaban J connectivity index is 2.06. The summed E-state index contributed by atoms with van der Waals surface area (Å²) < 4.78 is 33.7. The Morgan fingerprint density at radius 2 is 1.96 bits per heavy atom. The fraction of sp³-hybridized carbons (Fsp3) is 0.588. The van der Waals surface area contributed by atoms with Crippen LogP contribution in [0.15, 0.2) is 12.1 Å². The molecule has 1 aromatic rings. The van der Waals surface area contributed by atoms with Crippen molar-refractivity contribution in [3.63, 3.8) is 0 Å². The average molecular weight is 338 g/mol. The molecule has 5 nitrogen and oxygen atoms in total. The Bertz CT molecular complexity index is 767. The van der Waals surface area contributed by atoms with E-state index in [-0.39, 0.29) is 11.7 Å². The van der Waals surface area contributed by atoms with Crippen molar-refractivity contribution in [1.29, 1.82) is 0 Å². The highest BCUT2D eigenvalue weighted by Gasteiger charge is 2.53. The summed E-state index contributed by atoms with van der Waals surface area (Å²) in [5.41, 5.74) is 2.34. The predicted molar refractivity (Wildman–Crippen MR) is 86.2 cm³/mol. The fourth-order valence-electron chi connectivity index (χ4n) is 4.04. The molecule has 3 rings (SSSR count). The van der Waals surface area contributed by atoms with Crippen LogP contribution >= 0.6 is 0 Å². The standard InChI is InChI=1S/C17H22O5S/c1-10-7-11-9-17(2)15(22-23(4,19)20)6-5-12(16(17)18)13(11)8-14(10)21-3/h7-8,12,15H,5-6,9H2,1-4H3/t12-,15-,17-/m0/s1. The number of fused-ring (bicyclic) bond motifs is 4. The molecule has 6 heteroatoms. The highest BCUT2D eigenvalue weighted by atomic mass is 32.2. The average Bonchev–Trinajstić information content (AvgIpc) is 2.43. The van der Waals surface area contributed by atoms with E-state index in [2.05, 4.69) is 6.07 Å². The quantitative estimate of drug-likeness (QED) is 0.791. The van der Waals surface area contributed by atoms with Gasteiger partial charge in [-0.05, 0) is 55.9 Å². The number of ether oxygens (including phenoxy) is 1. The minimum absolute atomic E-state index is 0.0795. The van der Waals surface area contributed by atoms with Crippen molar-refractivity contribution in [2.75, 3.05) is 13.4 Å². The van der Waals surface area contributed by atoms with E-state index in [1.54, 1.807) is 7.11 Å². The lowest BCUT2D eigenvalue weighted by Crippen LogP contribution is -2.52. The molecule has 0 radical (unpaired) electrons. The van der Waals surface area contributed by atoms with E-state index in [0.29, 0.717) is 19.3 Å². The van der Waals surface area contributed by atoms with Crippen LogP contribution in [0.25, 0.3) is 0 Å². The van der Waals surface area contributed by atoms with Gasteiger partial charge in [-0.1, -0.05) is 6.07 Å².